The number of rotatable bonds is 9. The second-order valence-electron chi connectivity index (χ2n) is 8.10. The molecule has 1 N–H and O–H groups in total. The molecule has 2 atom stereocenters. The van der Waals surface area contributed by atoms with Crippen molar-refractivity contribution >= 4 is 0 Å². The number of aromatic amines is 1. The van der Waals surface area contributed by atoms with Gasteiger partial charge in [0.1, 0.15) is 12.2 Å². The summed E-state index contributed by atoms with van der Waals surface area (Å²) in [4.78, 5) is 4.34. The summed E-state index contributed by atoms with van der Waals surface area (Å²) in [6.45, 7) is 7.10. The zero-order valence-electron chi connectivity index (χ0n) is 15.4. The molecule has 1 aromatic rings. The second-order valence-corrected chi connectivity index (χ2v) is 8.10. The summed E-state index contributed by atoms with van der Waals surface area (Å²) in [7, 11) is 0. The van der Waals surface area contributed by atoms with Crippen LogP contribution in [-0.4, -0.2) is 15.2 Å². The van der Waals surface area contributed by atoms with Gasteiger partial charge in [-0.15, -0.1) is 0 Å². The normalized spacial score (nSPS) is 24.3. The molecule has 3 nitrogen and oxygen atoms in total. The molecule has 1 aliphatic carbocycles. The SMILES string of the molecule is CCCCCCCC=CC1CCC(C)(C)CC1Cc1ncn[nH]1. The Kier molecular flexibility index (Phi) is 7.32. The maximum atomic E-state index is 4.34. The van der Waals surface area contributed by atoms with Gasteiger partial charge in [0.25, 0.3) is 0 Å². The Morgan fingerprint density at radius 2 is 2.09 bits per heavy atom. The van der Waals surface area contributed by atoms with Gasteiger partial charge < -0.3 is 0 Å². The first-order valence-corrected chi connectivity index (χ1v) is 9.61. The Hall–Kier alpha value is -1.12. The van der Waals surface area contributed by atoms with Crippen molar-refractivity contribution in [3.8, 4) is 0 Å². The maximum absolute atomic E-state index is 4.34. The largest absolute Gasteiger partial charge is 0.263 e. The van der Waals surface area contributed by atoms with Crippen LogP contribution < -0.4 is 0 Å². The van der Waals surface area contributed by atoms with Crippen LogP contribution in [0.4, 0.5) is 0 Å². The standard InChI is InChI=1S/C20H35N3/c1-4-5-6-7-8-9-10-11-17-12-13-20(2,3)15-18(17)14-19-21-16-22-23-19/h10-11,16-18H,4-9,12-15H2,1-3H3,(H,21,22,23). The van der Waals surface area contributed by atoms with Gasteiger partial charge in [0.15, 0.2) is 0 Å². The minimum atomic E-state index is 0.467. The van der Waals surface area contributed by atoms with E-state index in [2.05, 4.69) is 48.1 Å². The zero-order valence-corrected chi connectivity index (χ0v) is 15.4. The lowest BCUT2D eigenvalue weighted by Gasteiger charge is -2.39. The van der Waals surface area contributed by atoms with Crippen molar-refractivity contribution in [2.75, 3.05) is 0 Å². The number of allylic oxidation sites excluding steroid dienone is 2. The maximum Gasteiger partial charge on any atom is 0.137 e. The smallest absolute Gasteiger partial charge is 0.137 e. The fourth-order valence-electron chi connectivity index (χ4n) is 3.95. The molecular formula is C20H35N3. The van der Waals surface area contributed by atoms with Gasteiger partial charge in [-0.25, -0.2) is 4.98 Å². The van der Waals surface area contributed by atoms with Crippen LogP contribution in [0.15, 0.2) is 18.5 Å². The van der Waals surface area contributed by atoms with E-state index in [9.17, 15) is 0 Å². The molecule has 130 valence electrons. The van der Waals surface area contributed by atoms with E-state index in [1.54, 1.807) is 6.33 Å². The Morgan fingerprint density at radius 3 is 2.83 bits per heavy atom. The predicted octanol–water partition coefficient (Wildman–Crippen LogP) is 5.71. The molecule has 0 saturated heterocycles. The number of unbranched alkanes of at least 4 members (excludes halogenated alkanes) is 5. The molecule has 0 bridgehead atoms. The molecule has 23 heavy (non-hydrogen) atoms. The molecule has 1 heterocycles. The summed E-state index contributed by atoms with van der Waals surface area (Å²) in [5.41, 5.74) is 0.467. The van der Waals surface area contributed by atoms with Crippen LogP contribution in [0.1, 0.15) is 84.4 Å². The van der Waals surface area contributed by atoms with E-state index in [0.717, 1.165) is 12.2 Å². The fourth-order valence-corrected chi connectivity index (χ4v) is 3.95. The number of hydrogen-bond donors (Lipinski definition) is 1. The van der Waals surface area contributed by atoms with Crippen LogP contribution >= 0.6 is 0 Å². The molecule has 2 rings (SSSR count). The van der Waals surface area contributed by atoms with Crippen molar-refractivity contribution < 1.29 is 0 Å². The third-order valence-corrected chi connectivity index (χ3v) is 5.35. The van der Waals surface area contributed by atoms with Gasteiger partial charge in [-0.3, -0.25) is 5.10 Å². The van der Waals surface area contributed by atoms with Crippen LogP contribution in [0.5, 0.6) is 0 Å². The van der Waals surface area contributed by atoms with E-state index < -0.39 is 0 Å². The first-order valence-electron chi connectivity index (χ1n) is 9.61. The first kappa shape index (κ1) is 18.2. The number of nitrogens with zero attached hydrogens (tertiary/aromatic N) is 2. The monoisotopic (exact) mass is 317 g/mol. The van der Waals surface area contributed by atoms with Crippen LogP contribution in [0.3, 0.4) is 0 Å². The summed E-state index contributed by atoms with van der Waals surface area (Å²) in [6, 6.07) is 0. The van der Waals surface area contributed by atoms with Crippen molar-refractivity contribution in [1.29, 1.82) is 0 Å². The van der Waals surface area contributed by atoms with E-state index in [1.165, 1.54) is 57.8 Å². The van der Waals surface area contributed by atoms with Gasteiger partial charge >= 0.3 is 0 Å². The van der Waals surface area contributed by atoms with Gasteiger partial charge in [-0.2, -0.15) is 5.10 Å². The van der Waals surface area contributed by atoms with Crippen molar-refractivity contribution in [3.63, 3.8) is 0 Å². The predicted molar refractivity (Wildman–Crippen MR) is 97.2 cm³/mol. The Bertz CT molecular complexity index is 447. The summed E-state index contributed by atoms with van der Waals surface area (Å²) in [5, 5.41) is 7.05. The summed E-state index contributed by atoms with van der Waals surface area (Å²) in [6.07, 6.45) is 19.7. The fraction of sp³-hybridized carbons (Fsp3) is 0.800. The van der Waals surface area contributed by atoms with E-state index in [-0.39, 0.29) is 0 Å². The molecule has 0 amide bonds. The average Bonchev–Trinajstić information content (AvgIpc) is 3.01. The lowest BCUT2D eigenvalue weighted by molar-refractivity contribution is 0.140. The number of aromatic nitrogens is 3. The second kappa shape index (κ2) is 9.24. The van der Waals surface area contributed by atoms with E-state index in [0.29, 0.717) is 17.3 Å². The number of hydrogen-bond acceptors (Lipinski definition) is 2. The Labute approximate surface area is 142 Å². The molecule has 2 unspecified atom stereocenters. The Balaban J connectivity index is 1.82. The molecule has 0 aliphatic heterocycles. The highest BCUT2D eigenvalue weighted by molar-refractivity contribution is 4.99. The molecule has 1 aliphatic rings. The van der Waals surface area contributed by atoms with Gasteiger partial charge in [0, 0.05) is 6.42 Å². The van der Waals surface area contributed by atoms with Crippen molar-refractivity contribution in [2.45, 2.75) is 85.0 Å². The van der Waals surface area contributed by atoms with E-state index in [4.69, 9.17) is 0 Å². The van der Waals surface area contributed by atoms with Gasteiger partial charge in [-0.1, -0.05) is 58.6 Å². The first-order chi connectivity index (χ1) is 11.1. The molecule has 1 fully saturated rings. The van der Waals surface area contributed by atoms with Gasteiger partial charge in [0.2, 0.25) is 0 Å². The van der Waals surface area contributed by atoms with Crippen LogP contribution in [0.25, 0.3) is 0 Å². The highest BCUT2D eigenvalue weighted by Gasteiger charge is 2.33. The van der Waals surface area contributed by atoms with E-state index in [1.807, 2.05) is 0 Å². The highest BCUT2D eigenvalue weighted by atomic mass is 15.2. The molecule has 0 radical (unpaired) electrons. The van der Waals surface area contributed by atoms with Crippen molar-refractivity contribution in [1.82, 2.24) is 15.2 Å². The molecule has 1 aromatic heterocycles. The topological polar surface area (TPSA) is 41.6 Å². The summed E-state index contributed by atoms with van der Waals surface area (Å²) in [5.74, 6) is 2.46. The zero-order chi connectivity index (χ0) is 16.5. The number of H-pyrrole nitrogens is 1. The highest BCUT2D eigenvalue weighted by Crippen LogP contribution is 2.43. The summed E-state index contributed by atoms with van der Waals surface area (Å²) < 4.78 is 0. The van der Waals surface area contributed by atoms with E-state index >= 15 is 0 Å². The lowest BCUT2D eigenvalue weighted by Crippen LogP contribution is -2.30. The molecule has 3 heteroatoms. The summed E-state index contributed by atoms with van der Waals surface area (Å²) >= 11 is 0. The Morgan fingerprint density at radius 1 is 1.26 bits per heavy atom. The van der Waals surface area contributed by atoms with Crippen LogP contribution in [0, 0.1) is 17.3 Å². The number of nitrogens with one attached hydrogen (secondary N) is 1. The molecular weight excluding hydrogens is 282 g/mol. The minimum Gasteiger partial charge on any atom is -0.263 e. The lowest BCUT2D eigenvalue weighted by atomic mass is 9.66. The van der Waals surface area contributed by atoms with Crippen LogP contribution in [-0.2, 0) is 6.42 Å². The molecule has 0 aromatic carbocycles. The van der Waals surface area contributed by atoms with Crippen LogP contribution in [0.2, 0.25) is 0 Å². The third kappa shape index (κ3) is 6.48. The van der Waals surface area contributed by atoms with Gasteiger partial charge in [0.05, 0.1) is 0 Å². The third-order valence-electron chi connectivity index (χ3n) is 5.35. The van der Waals surface area contributed by atoms with Gasteiger partial charge in [-0.05, 0) is 49.4 Å². The minimum absolute atomic E-state index is 0.467. The average molecular weight is 318 g/mol. The van der Waals surface area contributed by atoms with Crippen molar-refractivity contribution in [2.24, 2.45) is 17.3 Å². The van der Waals surface area contributed by atoms with Crippen molar-refractivity contribution in [3.05, 3.63) is 24.3 Å². The quantitative estimate of drug-likeness (QED) is 0.468. The molecule has 0 spiro atoms. The molecule has 1 saturated carbocycles.